The molecule has 0 spiro atoms. The molecule has 0 saturated heterocycles. The number of nitrogens with two attached hydrogens (primary N) is 1. The number of nitrogens with zero attached hydrogens (tertiary/aromatic N) is 2. The van der Waals surface area contributed by atoms with Crippen LogP contribution in [0, 0.1) is 5.82 Å². The predicted octanol–water partition coefficient (Wildman–Crippen LogP) is 2.77. The molecule has 12 heteroatoms. The van der Waals surface area contributed by atoms with Crippen molar-refractivity contribution in [2.24, 2.45) is 5.73 Å². The Morgan fingerprint density at radius 1 is 1.14 bits per heavy atom. The van der Waals surface area contributed by atoms with Gasteiger partial charge in [0.2, 0.25) is 5.88 Å². The van der Waals surface area contributed by atoms with Crippen LogP contribution in [0.5, 0.6) is 5.88 Å². The highest BCUT2D eigenvalue weighted by atomic mass is 19.1. The summed E-state index contributed by atoms with van der Waals surface area (Å²) in [6.07, 6.45) is 0.663. The van der Waals surface area contributed by atoms with Crippen molar-refractivity contribution >= 4 is 29.3 Å². The Morgan fingerprint density at radius 2 is 1.92 bits per heavy atom. The number of nitrogens with one attached hydrogen (secondary N) is 3. The van der Waals surface area contributed by atoms with Crippen molar-refractivity contribution in [3.8, 4) is 5.88 Å². The van der Waals surface area contributed by atoms with Crippen molar-refractivity contribution in [2.45, 2.75) is 12.5 Å². The molecule has 2 amide bonds. The second-order valence-electron chi connectivity index (χ2n) is 7.65. The normalized spacial score (nSPS) is 11.4. The number of primary amides is 1. The lowest BCUT2D eigenvalue weighted by molar-refractivity contribution is 0.100. The molecule has 11 nitrogen and oxygen atoms in total. The summed E-state index contributed by atoms with van der Waals surface area (Å²) in [5, 5.41) is 17.2. The number of pyridine rings is 2. The van der Waals surface area contributed by atoms with Crippen LogP contribution in [0.25, 0.3) is 0 Å². The van der Waals surface area contributed by atoms with E-state index < -0.39 is 23.9 Å². The topological polar surface area (TPSA) is 161 Å². The van der Waals surface area contributed by atoms with E-state index in [1.165, 1.54) is 6.20 Å². The number of amides is 2. The van der Waals surface area contributed by atoms with Crippen molar-refractivity contribution in [2.75, 3.05) is 37.5 Å². The van der Waals surface area contributed by atoms with Crippen LogP contribution >= 0.6 is 0 Å². The number of carbonyl (C=O) groups is 2. The first-order valence-electron chi connectivity index (χ1n) is 11.0. The second-order valence-corrected chi connectivity index (χ2v) is 7.65. The summed E-state index contributed by atoms with van der Waals surface area (Å²) in [5.41, 5.74) is 6.66. The highest BCUT2D eigenvalue weighted by Crippen LogP contribution is 2.25. The van der Waals surface area contributed by atoms with E-state index in [1.807, 2.05) is 30.3 Å². The van der Waals surface area contributed by atoms with E-state index >= 15 is 0 Å². The SMILES string of the molecule is COCCOc1cc(Nc2nc(NC(CNC(=O)O)Cc3ccccc3)c(F)cc2C(N)=O)ccn1. The molecular weight excluding hydrogens is 471 g/mol. The number of carbonyl (C=O) groups excluding carboxylic acids is 1. The van der Waals surface area contributed by atoms with Gasteiger partial charge >= 0.3 is 6.09 Å². The fourth-order valence-corrected chi connectivity index (χ4v) is 3.28. The molecule has 0 aliphatic rings. The van der Waals surface area contributed by atoms with Crippen molar-refractivity contribution in [1.82, 2.24) is 15.3 Å². The van der Waals surface area contributed by atoms with Crippen LogP contribution < -0.4 is 26.4 Å². The Kier molecular flexibility index (Phi) is 9.34. The molecule has 36 heavy (non-hydrogen) atoms. The molecule has 3 rings (SSSR count). The van der Waals surface area contributed by atoms with Gasteiger partial charge in [0.25, 0.3) is 5.91 Å². The molecule has 3 aromatic rings. The van der Waals surface area contributed by atoms with E-state index in [9.17, 15) is 14.0 Å². The third-order valence-electron chi connectivity index (χ3n) is 4.94. The van der Waals surface area contributed by atoms with Crippen molar-refractivity contribution < 1.29 is 28.6 Å². The van der Waals surface area contributed by atoms with Crippen molar-refractivity contribution in [3.05, 3.63) is 71.7 Å². The summed E-state index contributed by atoms with van der Waals surface area (Å²) in [6.45, 7) is 0.647. The number of hydrogen-bond acceptors (Lipinski definition) is 8. The van der Waals surface area contributed by atoms with Crippen LogP contribution in [0.15, 0.2) is 54.7 Å². The van der Waals surface area contributed by atoms with E-state index in [0.29, 0.717) is 24.6 Å². The van der Waals surface area contributed by atoms with Gasteiger partial charge in [-0.3, -0.25) is 4.79 Å². The Morgan fingerprint density at radius 3 is 2.61 bits per heavy atom. The van der Waals surface area contributed by atoms with E-state index in [2.05, 4.69) is 25.9 Å². The third kappa shape index (κ3) is 7.81. The number of benzene rings is 1. The maximum atomic E-state index is 14.9. The van der Waals surface area contributed by atoms with Crippen molar-refractivity contribution in [3.63, 3.8) is 0 Å². The number of carboxylic acid groups (broad SMARTS) is 1. The fourth-order valence-electron chi connectivity index (χ4n) is 3.28. The van der Waals surface area contributed by atoms with Gasteiger partial charge in [-0.1, -0.05) is 30.3 Å². The number of rotatable bonds is 13. The van der Waals surface area contributed by atoms with Crippen LogP contribution in [0.4, 0.5) is 26.5 Å². The Labute approximate surface area is 206 Å². The first-order valence-corrected chi connectivity index (χ1v) is 11.0. The number of aromatic nitrogens is 2. The largest absolute Gasteiger partial charge is 0.475 e. The van der Waals surface area contributed by atoms with Crippen LogP contribution in [0.1, 0.15) is 15.9 Å². The first kappa shape index (κ1) is 26.2. The second kappa shape index (κ2) is 12.9. The molecule has 0 aliphatic carbocycles. The molecule has 0 bridgehead atoms. The smallest absolute Gasteiger partial charge is 0.404 e. The summed E-state index contributed by atoms with van der Waals surface area (Å²) in [6, 6.07) is 12.9. The molecular formula is C24H27FN6O5. The minimum absolute atomic E-state index is 0.00472. The van der Waals surface area contributed by atoms with E-state index in [4.69, 9.17) is 20.3 Å². The molecule has 1 atom stereocenters. The maximum absolute atomic E-state index is 14.9. The summed E-state index contributed by atoms with van der Waals surface area (Å²) in [7, 11) is 1.55. The van der Waals surface area contributed by atoms with Crippen LogP contribution in [-0.2, 0) is 11.2 Å². The molecule has 0 aliphatic heterocycles. The average molecular weight is 499 g/mol. The van der Waals surface area contributed by atoms with Gasteiger partial charge < -0.3 is 36.3 Å². The number of ether oxygens (including phenoxy) is 2. The molecule has 0 fully saturated rings. The van der Waals surface area contributed by atoms with E-state index in [0.717, 1.165) is 11.6 Å². The highest BCUT2D eigenvalue weighted by molar-refractivity contribution is 5.98. The zero-order chi connectivity index (χ0) is 25.9. The summed E-state index contributed by atoms with van der Waals surface area (Å²) < 4.78 is 25.4. The minimum atomic E-state index is -1.21. The van der Waals surface area contributed by atoms with Gasteiger partial charge in [0.1, 0.15) is 12.4 Å². The molecule has 1 unspecified atom stereocenters. The average Bonchev–Trinajstić information content (AvgIpc) is 2.85. The van der Waals surface area contributed by atoms with Crippen molar-refractivity contribution in [1.29, 1.82) is 0 Å². The monoisotopic (exact) mass is 498 g/mol. The lowest BCUT2D eigenvalue weighted by Crippen LogP contribution is -2.37. The van der Waals surface area contributed by atoms with Gasteiger partial charge in [0.15, 0.2) is 11.6 Å². The van der Waals surface area contributed by atoms with Gasteiger partial charge in [-0.2, -0.15) is 0 Å². The number of anilines is 3. The van der Waals surface area contributed by atoms with Gasteiger partial charge in [0, 0.05) is 37.6 Å². The molecule has 0 saturated carbocycles. The van der Waals surface area contributed by atoms with Gasteiger partial charge in [-0.25, -0.2) is 19.2 Å². The van der Waals surface area contributed by atoms with Crippen LogP contribution in [-0.4, -0.2) is 60.0 Å². The van der Waals surface area contributed by atoms with Gasteiger partial charge in [0.05, 0.1) is 12.2 Å². The minimum Gasteiger partial charge on any atom is -0.475 e. The lowest BCUT2D eigenvalue weighted by Gasteiger charge is -2.21. The summed E-state index contributed by atoms with van der Waals surface area (Å²) in [4.78, 5) is 31.4. The molecule has 2 aromatic heterocycles. The van der Waals surface area contributed by atoms with Gasteiger partial charge in [-0.05, 0) is 24.1 Å². The molecule has 6 N–H and O–H groups in total. The molecule has 190 valence electrons. The maximum Gasteiger partial charge on any atom is 0.404 e. The highest BCUT2D eigenvalue weighted by Gasteiger charge is 2.19. The summed E-state index contributed by atoms with van der Waals surface area (Å²) >= 11 is 0. The molecule has 2 heterocycles. The zero-order valence-corrected chi connectivity index (χ0v) is 19.5. The van der Waals surface area contributed by atoms with Gasteiger partial charge in [-0.15, -0.1) is 0 Å². The number of halogens is 1. The number of hydrogen-bond donors (Lipinski definition) is 5. The Bertz CT molecular complexity index is 1180. The molecule has 0 radical (unpaired) electrons. The summed E-state index contributed by atoms with van der Waals surface area (Å²) in [5.74, 6) is -1.57. The fraction of sp³-hybridized carbons (Fsp3) is 0.250. The zero-order valence-electron chi connectivity index (χ0n) is 19.5. The van der Waals surface area contributed by atoms with Crippen LogP contribution in [0.3, 0.4) is 0 Å². The quantitative estimate of drug-likeness (QED) is 0.223. The first-order chi connectivity index (χ1) is 17.4. The van der Waals surface area contributed by atoms with E-state index in [1.54, 1.807) is 19.2 Å². The van der Waals surface area contributed by atoms with E-state index in [-0.39, 0.29) is 30.4 Å². The Hall–Kier alpha value is -4.45. The molecule has 1 aromatic carbocycles. The lowest BCUT2D eigenvalue weighted by atomic mass is 10.1. The Balaban J connectivity index is 1.86. The number of methoxy groups -OCH3 is 1. The standard InChI is InChI=1S/C24H27FN6O5/c1-35-9-10-36-20-12-16(7-8-27-20)29-22-18(21(26)32)13-19(25)23(31-22)30-17(14-28-24(33)34)11-15-5-3-2-4-6-15/h2-8,12-13,17,28H,9-11,14H2,1H3,(H2,26,32)(H,33,34)(H2,27,29,30,31). The van der Waals surface area contributed by atoms with Crippen LogP contribution in [0.2, 0.25) is 0 Å². The third-order valence-corrected chi connectivity index (χ3v) is 4.94. The predicted molar refractivity (Wildman–Crippen MR) is 131 cm³/mol.